The van der Waals surface area contributed by atoms with Gasteiger partial charge in [-0.05, 0) is 47.5 Å². The maximum Gasteiger partial charge on any atom is 0.241 e. The molecular weight excluding hydrogens is 362 g/mol. The van der Waals surface area contributed by atoms with Crippen LogP contribution >= 0.6 is 27.3 Å². The lowest BCUT2D eigenvalue weighted by atomic mass is 10.2. The van der Waals surface area contributed by atoms with Crippen molar-refractivity contribution in [2.24, 2.45) is 0 Å². The Bertz CT molecular complexity index is 741. The van der Waals surface area contributed by atoms with Gasteiger partial charge < -0.3 is 5.73 Å². The minimum Gasteiger partial charge on any atom is -0.398 e. The zero-order valence-electron chi connectivity index (χ0n) is 11.0. The van der Waals surface area contributed by atoms with Crippen molar-refractivity contribution in [2.45, 2.75) is 25.3 Å². The summed E-state index contributed by atoms with van der Waals surface area (Å²) in [4.78, 5) is 5.15. The van der Waals surface area contributed by atoms with Crippen molar-refractivity contribution in [3.63, 3.8) is 0 Å². The molecule has 0 atom stereocenters. The van der Waals surface area contributed by atoms with Gasteiger partial charge in [-0.15, -0.1) is 11.3 Å². The van der Waals surface area contributed by atoms with Crippen molar-refractivity contribution in [3.05, 3.63) is 38.3 Å². The Morgan fingerprint density at radius 2 is 2.10 bits per heavy atom. The summed E-state index contributed by atoms with van der Waals surface area (Å²) in [6.07, 6.45) is 1.67. The number of anilines is 1. The van der Waals surface area contributed by atoms with E-state index in [-0.39, 0.29) is 11.4 Å². The smallest absolute Gasteiger partial charge is 0.241 e. The summed E-state index contributed by atoms with van der Waals surface area (Å²) in [6, 6.07) is 3.15. The van der Waals surface area contributed by atoms with Crippen LogP contribution in [-0.4, -0.2) is 13.4 Å². The summed E-state index contributed by atoms with van der Waals surface area (Å²) in [7, 11) is -3.59. The fourth-order valence-corrected chi connectivity index (χ4v) is 4.24. The molecule has 0 bridgehead atoms. The van der Waals surface area contributed by atoms with Crippen LogP contribution in [0.3, 0.4) is 0 Å². The van der Waals surface area contributed by atoms with Crippen LogP contribution in [0.25, 0.3) is 0 Å². The van der Waals surface area contributed by atoms with Crippen LogP contribution in [0.15, 0.2) is 27.7 Å². The van der Waals surface area contributed by atoms with Crippen molar-refractivity contribution < 1.29 is 8.42 Å². The number of nitrogens with zero attached hydrogens (tertiary/aromatic N) is 1. The van der Waals surface area contributed by atoms with E-state index in [1.165, 1.54) is 17.4 Å². The van der Waals surface area contributed by atoms with E-state index in [4.69, 9.17) is 5.73 Å². The van der Waals surface area contributed by atoms with Crippen LogP contribution in [0.4, 0.5) is 5.69 Å². The minimum absolute atomic E-state index is 0.194. The van der Waals surface area contributed by atoms with Crippen molar-refractivity contribution in [1.82, 2.24) is 9.71 Å². The van der Waals surface area contributed by atoms with Crippen molar-refractivity contribution in [1.29, 1.82) is 0 Å². The lowest BCUT2D eigenvalue weighted by Gasteiger charge is -2.10. The molecule has 0 amide bonds. The van der Waals surface area contributed by atoms with E-state index in [1.54, 1.807) is 19.2 Å². The Hall–Kier alpha value is -0.960. The van der Waals surface area contributed by atoms with Crippen LogP contribution < -0.4 is 10.5 Å². The quantitative estimate of drug-likeness (QED) is 0.804. The first kappa shape index (κ1) is 15.4. The van der Waals surface area contributed by atoms with Gasteiger partial charge in [-0.1, -0.05) is 0 Å². The molecule has 0 unspecified atom stereocenters. The highest BCUT2D eigenvalue weighted by Crippen LogP contribution is 2.26. The molecule has 0 aliphatic rings. The highest BCUT2D eigenvalue weighted by molar-refractivity contribution is 9.10. The van der Waals surface area contributed by atoms with Crippen molar-refractivity contribution in [3.8, 4) is 0 Å². The molecule has 0 aliphatic heterocycles. The van der Waals surface area contributed by atoms with E-state index in [0.717, 1.165) is 9.88 Å². The second kappa shape index (κ2) is 5.80. The van der Waals surface area contributed by atoms with Gasteiger partial charge in [0.25, 0.3) is 0 Å². The molecule has 1 heterocycles. The summed E-state index contributed by atoms with van der Waals surface area (Å²) in [6.45, 7) is 3.83. The van der Waals surface area contributed by atoms with Gasteiger partial charge >= 0.3 is 0 Å². The van der Waals surface area contributed by atoms with E-state index < -0.39 is 10.0 Å². The standard InChI is InChI=1S/C12H14BrN3O2S2/c1-7-3-10(13)11(14)4-12(7)20(17,18)16-6-9-5-15-8(2)19-9/h3-5,16H,6,14H2,1-2H3. The summed E-state index contributed by atoms with van der Waals surface area (Å²) < 4.78 is 27.8. The Labute approximate surface area is 130 Å². The van der Waals surface area contributed by atoms with Gasteiger partial charge in [-0.25, -0.2) is 18.1 Å². The number of hydrogen-bond acceptors (Lipinski definition) is 5. The van der Waals surface area contributed by atoms with E-state index in [9.17, 15) is 8.42 Å². The number of benzene rings is 1. The third kappa shape index (κ3) is 3.38. The van der Waals surface area contributed by atoms with Crippen LogP contribution in [0.1, 0.15) is 15.4 Å². The van der Waals surface area contributed by atoms with Gasteiger partial charge in [0, 0.05) is 27.8 Å². The highest BCUT2D eigenvalue weighted by atomic mass is 79.9. The summed E-state index contributed by atoms with van der Waals surface area (Å²) in [5, 5.41) is 0.906. The van der Waals surface area contributed by atoms with E-state index in [0.29, 0.717) is 15.7 Å². The van der Waals surface area contributed by atoms with Gasteiger partial charge in [0.1, 0.15) is 0 Å². The van der Waals surface area contributed by atoms with Gasteiger partial charge in [0.2, 0.25) is 10.0 Å². The monoisotopic (exact) mass is 375 g/mol. The molecule has 0 fully saturated rings. The molecule has 5 nitrogen and oxygen atoms in total. The summed E-state index contributed by atoms with van der Waals surface area (Å²) >= 11 is 4.74. The van der Waals surface area contributed by atoms with Gasteiger partial charge in [0.15, 0.2) is 0 Å². The lowest BCUT2D eigenvalue weighted by molar-refractivity contribution is 0.581. The average Bonchev–Trinajstić information content (AvgIpc) is 2.77. The molecular formula is C12H14BrN3O2S2. The van der Waals surface area contributed by atoms with Crippen LogP contribution in [0.2, 0.25) is 0 Å². The number of halogens is 1. The molecule has 1 aromatic carbocycles. The average molecular weight is 376 g/mol. The molecule has 20 heavy (non-hydrogen) atoms. The molecule has 1 aromatic heterocycles. The molecule has 2 rings (SSSR count). The maximum atomic E-state index is 12.3. The number of nitrogens with two attached hydrogens (primary N) is 1. The normalized spacial score (nSPS) is 11.8. The number of aryl methyl sites for hydroxylation is 2. The first-order chi connectivity index (χ1) is 9.29. The van der Waals surface area contributed by atoms with Gasteiger partial charge in [-0.2, -0.15) is 0 Å². The largest absolute Gasteiger partial charge is 0.398 e. The third-order valence-electron chi connectivity index (χ3n) is 2.69. The predicted octanol–water partition coefficient (Wildman–Crippen LogP) is 2.58. The maximum absolute atomic E-state index is 12.3. The first-order valence-electron chi connectivity index (χ1n) is 5.76. The van der Waals surface area contributed by atoms with Crippen molar-refractivity contribution >= 4 is 43.0 Å². The van der Waals surface area contributed by atoms with E-state index in [1.807, 2.05) is 6.92 Å². The molecule has 8 heteroatoms. The van der Waals surface area contributed by atoms with Crippen LogP contribution in [0.5, 0.6) is 0 Å². The first-order valence-corrected chi connectivity index (χ1v) is 8.85. The van der Waals surface area contributed by atoms with E-state index in [2.05, 4.69) is 25.6 Å². The van der Waals surface area contributed by atoms with Gasteiger partial charge in [-0.3, -0.25) is 0 Å². The summed E-state index contributed by atoms with van der Waals surface area (Å²) in [5.41, 5.74) is 6.78. The Kier molecular flexibility index (Phi) is 4.48. The number of nitrogen functional groups attached to an aromatic ring is 1. The fourth-order valence-electron chi connectivity index (χ4n) is 1.69. The predicted molar refractivity (Wildman–Crippen MR) is 84.2 cm³/mol. The van der Waals surface area contributed by atoms with Crippen LogP contribution in [-0.2, 0) is 16.6 Å². The second-order valence-corrected chi connectivity index (χ2v) is 8.22. The molecule has 0 spiro atoms. The van der Waals surface area contributed by atoms with E-state index >= 15 is 0 Å². The van der Waals surface area contributed by atoms with Crippen molar-refractivity contribution in [2.75, 3.05) is 5.73 Å². The topological polar surface area (TPSA) is 85.1 Å². The highest BCUT2D eigenvalue weighted by Gasteiger charge is 2.18. The zero-order valence-corrected chi connectivity index (χ0v) is 14.2. The molecule has 0 radical (unpaired) electrons. The molecule has 108 valence electrons. The SMILES string of the molecule is Cc1ncc(CNS(=O)(=O)c2cc(N)c(Br)cc2C)s1. The Morgan fingerprint density at radius 1 is 1.40 bits per heavy atom. The number of rotatable bonds is 4. The third-order valence-corrected chi connectivity index (χ3v) is 5.83. The number of hydrogen-bond donors (Lipinski definition) is 2. The lowest BCUT2D eigenvalue weighted by Crippen LogP contribution is -2.23. The minimum atomic E-state index is -3.59. The fraction of sp³-hybridized carbons (Fsp3) is 0.250. The van der Waals surface area contributed by atoms with Crippen LogP contribution in [0, 0.1) is 13.8 Å². The second-order valence-electron chi connectivity index (χ2n) is 4.31. The molecule has 0 aliphatic carbocycles. The number of thiazole rings is 1. The van der Waals surface area contributed by atoms with Gasteiger partial charge in [0.05, 0.1) is 9.90 Å². The Balaban J connectivity index is 2.24. The number of sulfonamides is 1. The molecule has 3 N–H and O–H groups in total. The molecule has 2 aromatic rings. The number of aromatic nitrogens is 1. The number of nitrogens with one attached hydrogen (secondary N) is 1. The summed E-state index contributed by atoms with van der Waals surface area (Å²) in [5.74, 6) is 0. The Morgan fingerprint density at radius 3 is 2.70 bits per heavy atom. The molecule has 0 saturated carbocycles. The zero-order chi connectivity index (χ0) is 14.9. The molecule has 0 saturated heterocycles.